The SMILES string of the molecule is O=C(NCc1ccccc1O)OC(=O)c1ccccc1Br. The Bertz CT molecular complexity index is 672. The van der Waals surface area contributed by atoms with Crippen molar-refractivity contribution in [3.63, 3.8) is 0 Å². The second kappa shape index (κ2) is 6.90. The standard InChI is InChI=1S/C15H12BrNO4/c16-12-7-3-2-6-11(12)14(19)21-15(20)17-9-10-5-1-4-8-13(10)18/h1-8,18H,9H2,(H,17,20). The minimum absolute atomic E-state index is 0.0642. The predicted molar refractivity (Wildman–Crippen MR) is 79.9 cm³/mol. The summed E-state index contributed by atoms with van der Waals surface area (Å²) in [5.74, 6) is -0.688. The maximum Gasteiger partial charge on any atom is 0.415 e. The molecule has 0 saturated carbocycles. The third kappa shape index (κ3) is 4.06. The molecule has 5 nitrogen and oxygen atoms in total. The van der Waals surface area contributed by atoms with Crippen molar-refractivity contribution < 1.29 is 19.4 Å². The van der Waals surface area contributed by atoms with E-state index < -0.39 is 12.1 Å². The van der Waals surface area contributed by atoms with Gasteiger partial charge in [-0.25, -0.2) is 9.59 Å². The highest BCUT2D eigenvalue weighted by atomic mass is 79.9. The zero-order valence-corrected chi connectivity index (χ0v) is 12.5. The van der Waals surface area contributed by atoms with E-state index in [1.807, 2.05) is 0 Å². The van der Waals surface area contributed by atoms with Crippen LogP contribution in [0.3, 0.4) is 0 Å². The van der Waals surface area contributed by atoms with Crippen molar-refractivity contribution in [3.8, 4) is 5.75 Å². The monoisotopic (exact) mass is 349 g/mol. The second-order valence-electron chi connectivity index (χ2n) is 4.14. The predicted octanol–water partition coefficient (Wildman–Crippen LogP) is 3.22. The Hall–Kier alpha value is -2.34. The summed E-state index contributed by atoms with van der Waals surface area (Å²) < 4.78 is 5.22. The highest BCUT2D eigenvalue weighted by Crippen LogP contribution is 2.17. The molecule has 0 saturated heterocycles. The average Bonchev–Trinajstić information content (AvgIpc) is 2.46. The van der Waals surface area contributed by atoms with Gasteiger partial charge in [0.15, 0.2) is 0 Å². The number of benzene rings is 2. The molecule has 0 aliphatic rings. The first-order valence-electron chi connectivity index (χ1n) is 6.09. The van der Waals surface area contributed by atoms with Crippen LogP contribution in [0, 0.1) is 0 Å². The van der Waals surface area contributed by atoms with Gasteiger partial charge in [0.2, 0.25) is 0 Å². The number of carbonyl (C=O) groups excluding carboxylic acids is 2. The van der Waals surface area contributed by atoms with Gasteiger partial charge in [0.05, 0.1) is 5.56 Å². The van der Waals surface area contributed by atoms with Crippen LogP contribution in [0.15, 0.2) is 53.0 Å². The number of para-hydroxylation sites is 1. The lowest BCUT2D eigenvalue weighted by atomic mass is 10.2. The van der Waals surface area contributed by atoms with E-state index in [9.17, 15) is 14.7 Å². The fourth-order valence-corrected chi connectivity index (χ4v) is 2.08. The van der Waals surface area contributed by atoms with Crippen molar-refractivity contribution in [2.24, 2.45) is 0 Å². The van der Waals surface area contributed by atoms with Gasteiger partial charge in [-0.05, 0) is 34.1 Å². The number of aromatic hydroxyl groups is 1. The molecule has 0 heterocycles. The van der Waals surface area contributed by atoms with E-state index in [2.05, 4.69) is 26.0 Å². The summed E-state index contributed by atoms with van der Waals surface area (Å²) in [5.41, 5.74) is 0.790. The quantitative estimate of drug-likeness (QED) is 0.658. The number of carbonyl (C=O) groups is 2. The zero-order chi connectivity index (χ0) is 15.2. The van der Waals surface area contributed by atoms with Crippen LogP contribution in [0.5, 0.6) is 5.75 Å². The topological polar surface area (TPSA) is 75.6 Å². The third-order valence-corrected chi connectivity index (χ3v) is 3.39. The highest BCUT2D eigenvalue weighted by Gasteiger charge is 2.15. The molecule has 0 aliphatic heterocycles. The highest BCUT2D eigenvalue weighted by molar-refractivity contribution is 9.10. The average molecular weight is 350 g/mol. The molecule has 0 radical (unpaired) electrons. The number of nitrogens with one attached hydrogen (secondary N) is 1. The number of phenolic OH excluding ortho intramolecular Hbond substituents is 1. The first-order valence-corrected chi connectivity index (χ1v) is 6.88. The summed E-state index contributed by atoms with van der Waals surface area (Å²) in [6.45, 7) is 0.0642. The van der Waals surface area contributed by atoms with Gasteiger partial charge in [-0.15, -0.1) is 0 Å². The van der Waals surface area contributed by atoms with E-state index in [0.717, 1.165) is 0 Å². The number of hydrogen-bond acceptors (Lipinski definition) is 4. The Balaban J connectivity index is 1.92. The van der Waals surface area contributed by atoms with Gasteiger partial charge in [-0.1, -0.05) is 30.3 Å². The molecule has 0 aliphatic carbocycles. The molecule has 0 aromatic heterocycles. The molecule has 108 valence electrons. The zero-order valence-electron chi connectivity index (χ0n) is 10.9. The molecule has 2 aromatic carbocycles. The lowest BCUT2D eigenvalue weighted by Crippen LogP contribution is -2.26. The van der Waals surface area contributed by atoms with Gasteiger partial charge in [0.1, 0.15) is 5.75 Å². The van der Waals surface area contributed by atoms with Crippen LogP contribution in [0.25, 0.3) is 0 Å². The summed E-state index contributed by atoms with van der Waals surface area (Å²) in [7, 11) is 0. The van der Waals surface area contributed by atoms with E-state index in [1.165, 1.54) is 6.07 Å². The van der Waals surface area contributed by atoms with Crippen LogP contribution in [0.2, 0.25) is 0 Å². The molecule has 2 rings (SSSR count). The first kappa shape index (κ1) is 15.1. The molecule has 0 unspecified atom stereocenters. The number of hydrogen-bond donors (Lipinski definition) is 2. The fraction of sp³-hybridized carbons (Fsp3) is 0.0667. The Morgan fingerprint density at radius 2 is 1.76 bits per heavy atom. The number of ether oxygens (including phenoxy) is 1. The Labute approximate surface area is 129 Å². The van der Waals surface area contributed by atoms with Gasteiger partial charge in [-0.3, -0.25) is 0 Å². The fourth-order valence-electron chi connectivity index (χ4n) is 1.63. The molecule has 21 heavy (non-hydrogen) atoms. The number of amides is 1. The molecule has 0 spiro atoms. The van der Waals surface area contributed by atoms with Crippen LogP contribution < -0.4 is 5.32 Å². The van der Waals surface area contributed by atoms with Crippen LogP contribution >= 0.6 is 15.9 Å². The number of esters is 1. The largest absolute Gasteiger partial charge is 0.508 e. The lowest BCUT2D eigenvalue weighted by Gasteiger charge is -2.07. The van der Waals surface area contributed by atoms with Crippen LogP contribution in [0.1, 0.15) is 15.9 Å². The molecule has 0 bridgehead atoms. The van der Waals surface area contributed by atoms with Crippen LogP contribution in [-0.4, -0.2) is 17.2 Å². The molecular formula is C15H12BrNO4. The summed E-state index contributed by atoms with van der Waals surface area (Å²) in [6, 6.07) is 13.2. The number of halogens is 1. The van der Waals surface area contributed by atoms with E-state index in [1.54, 1.807) is 42.5 Å². The van der Waals surface area contributed by atoms with Crippen molar-refractivity contribution in [1.29, 1.82) is 0 Å². The van der Waals surface area contributed by atoms with Crippen molar-refractivity contribution in [3.05, 3.63) is 64.1 Å². The summed E-state index contributed by atoms with van der Waals surface area (Å²) in [4.78, 5) is 23.4. The molecule has 1 amide bonds. The van der Waals surface area contributed by atoms with Gasteiger partial charge in [0, 0.05) is 16.6 Å². The summed E-state index contributed by atoms with van der Waals surface area (Å²) >= 11 is 3.21. The second-order valence-corrected chi connectivity index (χ2v) is 4.99. The Morgan fingerprint density at radius 3 is 2.48 bits per heavy atom. The molecule has 2 aromatic rings. The van der Waals surface area contributed by atoms with Crippen LogP contribution in [0.4, 0.5) is 4.79 Å². The first-order chi connectivity index (χ1) is 10.1. The number of rotatable bonds is 3. The Kier molecular flexibility index (Phi) is 4.94. The maximum absolute atomic E-state index is 11.8. The van der Waals surface area contributed by atoms with Crippen LogP contribution in [-0.2, 0) is 11.3 Å². The third-order valence-electron chi connectivity index (χ3n) is 2.69. The van der Waals surface area contributed by atoms with Gasteiger partial charge in [-0.2, -0.15) is 0 Å². The minimum atomic E-state index is -0.876. The van der Waals surface area contributed by atoms with Gasteiger partial charge < -0.3 is 15.2 Å². The molecule has 0 atom stereocenters. The normalized spacial score (nSPS) is 9.95. The summed E-state index contributed by atoms with van der Waals surface area (Å²) in [5, 5.41) is 12.0. The molecular weight excluding hydrogens is 338 g/mol. The number of phenols is 1. The van der Waals surface area contributed by atoms with Crippen molar-refractivity contribution in [2.75, 3.05) is 0 Å². The maximum atomic E-state index is 11.8. The molecule has 2 N–H and O–H groups in total. The van der Waals surface area contributed by atoms with Gasteiger partial charge >= 0.3 is 12.1 Å². The smallest absolute Gasteiger partial charge is 0.415 e. The minimum Gasteiger partial charge on any atom is -0.508 e. The number of alkyl carbamates (subject to hydrolysis) is 1. The van der Waals surface area contributed by atoms with E-state index >= 15 is 0 Å². The van der Waals surface area contributed by atoms with Gasteiger partial charge in [0.25, 0.3) is 0 Å². The van der Waals surface area contributed by atoms with E-state index in [0.29, 0.717) is 10.0 Å². The molecule has 6 heteroatoms. The van der Waals surface area contributed by atoms with Crippen molar-refractivity contribution in [1.82, 2.24) is 5.32 Å². The lowest BCUT2D eigenvalue weighted by molar-refractivity contribution is 0.0620. The molecule has 0 fully saturated rings. The Morgan fingerprint density at radius 1 is 1.10 bits per heavy atom. The van der Waals surface area contributed by atoms with E-state index in [-0.39, 0.29) is 17.9 Å². The van der Waals surface area contributed by atoms with E-state index in [4.69, 9.17) is 0 Å². The summed E-state index contributed by atoms with van der Waals surface area (Å²) in [6.07, 6.45) is -0.876. The van der Waals surface area contributed by atoms with Crippen molar-refractivity contribution >= 4 is 28.0 Å². The van der Waals surface area contributed by atoms with Crippen molar-refractivity contribution in [2.45, 2.75) is 6.54 Å².